The molecule has 1 aromatic rings. The standard InChI is InChI=1S/C18H27N6O2PS/c1-18(2)11-14-16(15(12-18)22-3-7-25-8-4-22)27(28,23-5-9-26-10-6-23)24-13-19-21-17(24)20-14/h12-13H,3-11H2,1-2H3,(H,20,21)/t27-/m1/s1. The quantitative estimate of drug-likeness (QED) is 0.727. The molecule has 28 heavy (non-hydrogen) atoms. The van der Waals surface area contributed by atoms with Crippen molar-refractivity contribution >= 4 is 24.1 Å². The maximum absolute atomic E-state index is 6.57. The van der Waals surface area contributed by atoms with Gasteiger partial charge in [0.25, 0.3) is 0 Å². The minimum atomic E-state index is -2.30. The van der Waals surface area contributed by atoms with Crippen molar-refractivity contribution < 1.29 is 9.47 Å². The van der Waals surface area contributed by atoms with Crippen molar-refractivity contribution in [3.63, 3.8) is 0 Å². The van der Waals surface area contributed by atoms with E-state index in [1.165, 1.54) is 16.7 Å². The first kappa shape index (κ1) is 18.8. The van der Waals surface area contributed by atoms with Crippen LogP contribution in [0.5, 0.6) is 0 Å². The third-order valence-corrected chi connectivity index (χ3v) is 10.7. The van der Waals surface area contributed by atoms with Crippen LogP contribution in [0.25, 0.3) is 0 Å². The zero-order valence-electron chi connectivity index (χ0n) is 16.4. The third kappa shape index (κ3) is 2.95. The molecule has 0 amide bonds. The summed E-state index contributed by atoms with van der Waals surface area (Å²) in [7, 11) is 0. The normalized spacial score (nSPS) is 30.4. The molecule has 0 bridgehead atoms. The Balaban J connectivity index is 1.67. The molecule has 2 fully saturated rings. The lowest BCUT2D eigenvalue weighted by Crippen LogP contribution is -2.42. The van der Waals surface area contributed by atoms with E-state index in [0.29, 0.717) is 13.2 Å². The van der Waals surface area contributed by atoms with Gasteiger partial charge in [0.15, 0.2) is 0 Å². The number of hydrogen-bond donors (Lipinski definition) is 1. The SMILES string of the molecule is CC1(C)C=C(N2CCOCC2)C2=C(C1)Nc1nncn1[P@]2(=S)N1CCOCC1. The third-order valence-electron chi connectivity index (χ3n) is 5.79. The van der Waals surface area contributed by atoms with Gasteiger partial charge in [0, 0.05) is 37.6 Å². The second kappa shape index (κ2) is 6.92. The fraction of sp³-hybridized carbons (Fsp3) is 0.667. The number of fused-ring (bicyclic) bond motifs is 1. The van der Waals surface area contributed by atoms with Gasteiger partial charge in [0.1, 0.15) is 12.7 Å². The van der Waals surface area contributed by atoms with Gasteiger partial charge in [0.2, 0.25) is 5.95 Å². The average molecular weight is 422 g/mol. The van der Waals surface area contributed by atoms with Gasteiger partial charge in [-0.25, -0.2) is 0 Å². The van der Waals surface area contributed by atoms with Crippen LogP contribution in [0.15, 0.2) is 29.1 Å². The van der Waals surface area contributed by atoms with Crippen LogP contribution in [0.3, 0.4) is 0 Å². The van der Waals surface area contributed by atoms with Crippen molar-refractivity contribution in [3.8, 4) is 0 Å². The van der Waals surface area contributed by atoms with Crippen molar-refractivity contribution in [2.75, 3.05) is 57.9 Å². The zero-order chi connectivity index (χ0) is 19.4. The highest BCUT2D eigenvalue weighted by molar-refractivity contribution is 8.14. The molecular weight excluding hydrogens is 395 g/mol. The van der Waals surface area contributed by atoms with Gasteiger partial charge in [0.05, 0.1) is 31.7 Å². The van der Waals surface area contributed by atoms with Crippen LogP contribution in [0.4, 0.5) is 5.95 Å². The molecule has 8 nitrogen and oxygen atoms in total. The number of hydrogen-bond acceptors (Lipinski definition) is 7. The highest BCUT2D eigenvalue weighted by atomic mass is 32.4. The Morgan fingerprint density at radius 2 is 1.79 bits per heavy atom. The van der Waals surface area contributed by atoms with Crippen LogP contribution in [-0.2, 0) is 21.3 Å². The molecule has 3 aliphatic heterocycles. The van der Waals surface area contributed by atoms with Crippen LogP contribution < -0.4 is 5.32 Å². The number of allylic oxidation sites excluding steroid dienone is 3. The minimum absolute atomic E-state index is 0.0484. The van der Waals surface area contributed by atoms with Crippen molar-refractivity contribution in [2.24, 2.45) is 5.41 Å². The molecule has 4 heterocycles. The summed E-state index contributed by atoms with van der Waals surface area (Å²) in [6.07, 6.45) is 2.86. The molecule has 0 aromatic carbocycles. The maximum atomic E-state index is 6.57. The summed E-state index contributed by atoms with van der Waals surface area (Å²) in [5.41, 5.74) is 2.54. The molecule has 152 valence electrons. The summed E-state index contributed by atoms with van der Waals surface area (Å²) in [6.45, 7) is 11.0. The van der Waals surface area contributed by atoms with Crippen LogP contribution in [-0.4, -0.2) is 76.7 Å². The molecule has 0 unspecified atom stereocenters. The summed E-state index contributed by atoms with van der Waals surface area (Å²) in [4.78, 5) is 2.46. The summed E-state index contributed by atoms with van der Waals surface area (Å²) < 4.78 is 15.8. The van der Waals surface area contributed by atoms with E-state index in [4.69, 9.17) is 21.3 Å². The highest BCUT2D eigenvalue weighted by Crippen LogP contribution is 2.67. The summed E-state index contributed by atoms with van der Waals surface area (Å²) in [5, 5.41) is 13.4. The second-order valence-corrected chi connectivity index (χ2v) is 12.4. The van der Waals surface area contributed by atoms with Crippen molar-refractivity contribution in [1.82, 2.24) is 24.1 Å². The van der Waals surface area contributed by atoms with Crippen LogP contribution in [0.1, 0.15) is 20.3 Å². The average Bonchev–Trinajstić information content (AvgIpc) is 3.17. The Morgan fingerprint density at radius 3 is 2.50 bits per heavy atom. The van der Waals surface area contributed by atoms with Crippen molar-refractivity contribution in [3.05, 3.63) is 29.1 Å². The first-order chi connectivity index (χ1) is 13.5. The molecule has 10 heteroatoms. The Kier molecular flexibility index (Phi) is 4.63. The molecule has 5 rings (SSSR count). The van der Waals surface area contributed by atoms with Gasteiger partial charge in [-0.05, 0) is 11.8 Å². The van der Waals surface area contributed by atoms with E-state index in [9.17, 15) is 0 Å². The van der Waals surface area contributed by atoms with E-state index in [1.807, 2.05) is 0 Å². The lowest BCUT2D eigenvalue weighted by Gasteiger charge is -2.48. The Bertz CT molecular complexity index is 882. The van der Waals surface area contributed by atoms with E-state index >= 15 is 0 Å². The number of nitrogens with one attached hydrogen (secondary N) is 1. The van der Waals surface area contributed by atoms with E-state index in [0.717, 1.165) is 51.8 Å². The smallest absolute Gasteiger partial charge is 0.233 e. The number of ether oxygens (including phenoxy) is 2. The van der Waals surface area contributed by atoms with Crippen LogP contribution >= 0.6 is 6.34 Å². The number of aromatic nitrogens is 3. The van der Waals surface area contributed by atoms with Crippen LogP contribution in [0.2, 0.25) is 0 Å². The predicted octanol–water partition coefficient (Wildman–Crippen LogP) is 2.05. The summed E-state index contributed by atoms with van der Waals surface area (Å²) >= 11 is 6.57. The Hall–Kier alpha value is -1.25. The van der Waals surface area contributed by atoms with Gasteiger partial charge < -0.3 is 19.7 Å². The molecule has 1 aliphatic carbocycles. The monoisotopic (exact) mass is 422 g/mol. The molecule has 1 atom stereocenters. The van der Waals surface area contributed by atoms with Gasteiger partial charge in [-0.2, -0.15) is 0 Å². The van der Waals surface area contributed by atoms with E-state index in [1.54, 1.807) is 6.33 Å². The molecule has 0 radical (unpaired) electrons. The van der Waals surface area contributed by atoms with Crippen molar-refractivity contribution in [2.45, 2.75) is 20.3 Å². The van der Waals surface area contributed by atoms with Gasteiger partial charge in [-0.15, -0.1) is 10.2 Å². The molecule has 0 saturated carbocycles. The zero-order valence-corrected chi connectivity index (χ0v) is 18.1. The molecule has 1 aromatic heterocycles. The lowest BCUT2D eigenvalue weighted by molar-refractivity contribution is 0.0539. The largest absolute Gasteiger partial charge is 0.379 e. The number of anilines is 1. The fourth-order valence-electron chi connectivity index (χ4n) is 4.51. The Labute approximate surface area is 170 Å². The molecule has 0 spiro atoms. The number of rotatable bonds is 2. The van der Waals surface area contributed by atoms with Gasteiger partial charge >= 0.3 is 0 Å². The van der Waals surface area contributed by atoms with E-state index < -0.39 is 6.34 Å². The molecular formula is C18H27N6O2PS. The first-order valence-corrected chi connectivity index (χ1v) is 12.6. The van der Waals surface area contributed by atoms with Crippen molar-refractivity contribution in [1.29, 1.82) is 0 Å². The first-order valence-electron chi connectivity index (χ1n) is 9.90. The molecule has 1 N–H and O–H groups in total. The summed E-state index contributed by atoms with van der Waals surface area (Å²) in [5.74, 6) is 0.771. The lowest BCUT2D eigenvalue weighted by atomic mass is 9.82. The van der Waals surface area contributed by atoms with Crippen LogP contribution in [0, 0.1) is 5.41 Å². The minimum Gasteiger partial charge on any atom is -0.379 e. The second-order valence-electron chi connectivity index (χ2n) is 8.36. The molecule has 2 saturated heterocycles. The topological polar surface area (TPSA) is 67.7 Å². The highest BCUT2D eigenvalue weighted by Gasteiger charge is 2.45. The molecule has 4 aliphatic rings. The number of morpholine rings is 2. The summed E-state index contributed by atoms with van der Waals surface area (Å²) in [6, 6.07) is 0. The Morgan fingerprint density at radius 1 is 1.11 bits per heavy atom. The van der Waals surface area contributed by atoms with E-state index in [2.05, 4.69) is 49.3 Å². The fourth-order valence-corrected chi connectivity index (χ4v) is 8.97. The van der Waals surface area contributed by atoms with Gasteiger partial charge in [-0.1, -0.05) is 31.7 Å². The number of nitrogens with zero attached hydrogens (tertiary/aromatic N) is 5. The predicted molar refractivity (Wildman–Crippen MR) is 112 cm³/mol. The maximum Gasteiger partial charge on any atom is 0.233 e. The van der Waals surface area contributed by atoms with Gasteiger partial charge in [-0.3, -0.25) is 9.01 Å². The van der Waals surface area contributed by atoms with E-state index in [-0.39, 0.29) is 5.41 Å².